The SMILES string of the molecule is O=C(c1ccc(-c2ccccn2)s1)N1CCC(N2CC3(CCCCC3)OC2=O)CC1. The molecule has 1 aliphatic carbocycles. The second kappa shape index (κ2) is 8.02. The molecular formula is C23H27N3O3S. The minimum atomic E-state index is -0.249. The van der Waals surface area contributed by atoms with Gasteiger partial charge in [0, 0.05) is 25.3 Å². The standard InChI is InChI=1S/C23H27N3O3S/c27-21(20-8-7-19(30-20)18-6-2-5-13-24-18)25-14-9-17(10-15-25)26-16-23(29-22(26)28)11-3-1-4-12-23/h2,5-8,13,17H,1,3-4,9-12,14-16H2. The Kier molecular flexibility index (Phi) is 5.23. The second-order valence-electron chi connectivity index (χ2n) is 8.64. The largest absolute Gasteiger partial charge is 0.441 e. The number of pyridine rings is 1. The molecule has 0 bridgehead atoms. The van der Waals surface area contributed by atoms with E-state index in [1.165, 1.54) is 17.8 Å². The molecule has 30 heavy (non-hydrogen) atoms. The fraction of sp³-hybridized carbons (Fsp3) is 0.522. The van der Waals surface area contributed by atoms with Crippen molar-refractivity contribution in [3.8, 4) is 10.6 Å². The Morgan fingerprint density at radius 2 is 1.90 bits per heavy atom. The Hall–Kier alpha value is -2.41. The predicted octanol–water partition coefficient (Wildman–Crippen LogP) is 4.57. The van der Waals surface area contributed by atoms with Crippen LogP contribution in [0.5, 0.6) is 0 Å². The molecule has 0 radical (unpaired) electrons. The normalized spacial score (nSPS) is 21.8. The molecule has 2 aromatic rings. The first kappa shape index (κ1) is 19.5. The van der Waals surface area contributed by atoms with Crippen molar-refractivity contribution in [1.82, 2.24) is 14.8 Å². The highest BCUT2D eigenvalue weighted by atomic mass is 32.1. The van der Waals surface area contributed by atoms with Crippen molar-refractivity contribution in [2.45, 2.75) is 56.6 Å². The van der Waals surface area contributed by atoms with Crippen molar-refractivity contribution in [3.63, 3.8) is 0 Å². The van der Waals surface area contributed by atoms with Gasteiger partial charge in [0.1, 0.15) is 5.60 Å². The van der Waals surface area contributed by atoms with Crippen LogP contribution >= 0.6 is 11.3 Å². The summed E-state index contributed by atoms with van der Waals surface area (Å²) in [7, 11) is 0. The highest BCUT2D eigenvalue weighted by Gasteiger charge is 2.48. The first-order valence-corrected chi connectivity index (χ1v) is 11.8. The van der Waals surface area contributed by atoms with Crippen LogP contribution in [0.1, 0.15) is 54.6 Å². The molecule has 2 amide bonds. The maximum absolute atomic E-state index is 13.0. The average molecular weight is 426 g/mol. The summed E-state index contributed by atoms with van der Waals surface area (Å²) in [6.45, 7) is 2.08. The fourth-order valence-corrected chi connectivity index (χ4v) is 5.97. The Labute approximate surface area is 180 Å². The zero-order chi connectivity index (χ0) is 20.6. The summed E-state index contributed by atoms with van der Waals surface area (Å²) in [6.07, 6.45) is 8.76. The third kappa shape index (κ3) is 3.71. The summed E-state index contributed by atoms with van der Waals surface area (Å²) in [5.41, 5.74) is 0.644. The van der Waals surface area contributed by atoms with Crippen LogP contribution < -0.4 is 0 Å². The molecule has 0 unspecified atom stereocenters. The number of thiophene rings is 1. The van der Waals surface area contributed by atoms with Gasteiger partial charge in [0.15, 0.2) is 0 Å². The zero-order valence-corrected chi connectivity index (χ0v) is 17.9. The molecule has 0 aromatic carbocycles. The van der Waals surface area contributed by atoms with E-state index in [0.29, 0.717) is 13.1 Å². The number of rotatable bonds is 3. The molecule has 158 valence electrons. The van der Waals surface area contributed by atoms with Crippen molar-refractivity contribution >= 4 is 23.3 Å². The lowest BCUT2D eigenvalue weighted by atomic mass is 9.84. The molecule has 1 spiro atoms. The van der Waals surface area contributed by atoms with Gasteiger partial charge in [-0.1, -0.05) is 12.5 Å². The summed E-state index contributed by atoms with van der Waals surface area (Å²) in [5, 5.41) is 0. The number of hydrogen-bond acceptors (Lipinski definition) is 5. The van der Waals surface area contributed by atoms with E-state index in [2.05, 4.69) is 4.98 Å². The lowest BCUT2D eigenvalue weighted by Crippen LogP contribution is -2.48. The maximum Gasteiger partial charge on any atom is 0.410 e. The molecule has 2 aliphatic heterocycles. The van der Waals surface area contributed by atoms with Gasteiger partial charge in [-0.25, -0.2) is 4.79 Å². The summed E-state index contributed by atoms with van der Waals surface area (Å²) in [6, 6.07) is 9.84. The summed E-state index contributed by atoms with van der Waals surface area (Å²) in [4.78, 5) is 35.5. The summed E-state index contributed by atoms with van der Waals surface area (Å²) < 4.78 is 5.85. The van der Waals surface area contributed by atoms with E-state index in [1.54, 1.807) is 6.20 Å². The van der Waals surface area contributed by atoms with Crippen LogP contribution in [0.25, 0.3) is 10.6 Å². The van der Waals surface area contributed by atoms with Crippen molar-refractivity contribution in [3.05, 3.63) is 41.4 Å². The molecular weight excluding hydrogens is 398 g/mol. The van der Waals surface area contributed by atoms with E-state index in [9.17, 15) is 9.59 Å². The molecule has 0 N–H and O–H groups in total. The lowest BCUT2D eigenvalue weighted by Gasteiger charge is -2.36. The van der Waals surface area contributed by atoms with Gasteiger partial charge in [0.05, 0.1) is 22.0 Å². The first-order valence-electron chi connectivity index (χ1n) is 10.9. The predicted molar refractivity (Wildman–Crippen MR) is 115 cm³/mol. The monoisotopic (exact) mass is 425 g/mol. The highest BCUT2D eigenvalue weighted by molar-refractivity contribution is 7.17. The smallest absolute Gasteiger partial charge is 0.410 e. The van der Waals surface area contributed by atoms with Crippen LogP contribution in [-0.4, -0.2) is 58.1 Å². The first-order chi connectivity index (χ1) is 14.6. The number of likely N-dealkylation sites (tertiary alicyclic amines) is 1. The lowest BCUT2D eigenvalue weighted by molar-refractivity contribution is 0.0259. The molecule has 4 heterocycles. The van der Waals surface area contributed by atoms with Crippen LogP contribution in [0.15, 0.2) is 36.5 Å². The zero-order valence-electron chi connectivity index (χ0n) is 17.1. The third-order valence-corrected chi connectivity index (χ3v) is 7.78. The minimum Gasteiger partial charge on any atom is -0.441 e. The van der Waals surface area contributed by atoms with E-state index in [0.717, 1.165) is 60.5 Å². The van der Waals surface area contributed by atoms with Gasteiger partial charge in [0.2, 0.25) is 0 Å². The Balaban J connectivity index is 1.20. The number of nitrogens with zero attached hydrogens (tertiary/aromatic N) is 3. The topological polar surface area (TPSA) is 62.7 Å². The highest BCUT2D eigenvalue weighted by Crippen LogP contribution is 2.39. The van der Waals surface area contributed by atoms with Crippen molar-refractivity contribution in [1.29, 1.82) is 0 Å². The van der Waals surface area contributed by atoms with Crippen LogP contribution in [0, 0.1) is 0 Å². The second-order valence-corrected chi connectivity index (χ2v) is 9.73. The van der Waals surface area contributed by atoms with Gasteiger partial charge in [-0.3, -0.25) is 9.78 Å². The molecule has 2 saturated heterocycles. The van der Waals surface area contributed by atoms with Gasteiger partial charge in [-0.2, -0.15) is 0 Å². The van der Waals surface area contributed by atoms with Crippen molar-refractivity contribution < 1.29 is 14.3 Å². The molecule has 7 heteroatoms. The van der Waals surface area contributed by atoms with E-state index in [1.807, 2.05) is 40.1 Å². The molecule has 6 nitrogen and oxygen atoms in total. The van der Waals surface area contributed by atoms with Crippen LogP contribution in [-0.2, 0) is 4.74 Å². The minimum absolute atomic E-state index is 0.0772. The van der Waals surface area contributed by atoms with Gasteiger partial charge >= 0.3 is 6.09 Å². The summed E-state index contributed by atoms with van der Waals surface area (Å²) >= 11 is 1.49. The van der Waals surface area contributed by atoms with Crippen LogP contribution in [0.3, 0.4) is 0 Å². The van der Waals surface area contributed by atoms with Gasteiger partial charge in [0.25, 0.3) is 5.91 Å². The van der Waals surface area contributed by atoms with E-state index in [-0.39, 0.29) is 23.6 Å². The number of carbonyl (C=O) groups is 2. The van der Waals surface area contributed by atoms with E-state index >= 15 is 0 Å². The Bertz CT molecular complexity index is 915. The molecule has 5 rings (SSSR count). The maximum atomic E-state index is 13.0. The average Bonchev–Trinajstić information content (AvgIpc) is 3.40. The van der Waals surface area contributed by atoms with Crippen molar-refractivity contribution in [2.24, 2.45) is 0 Å². The molecule has 3 fully saturated rings. The number of ether oxygens (including phenoxy) is 1. The number of piperidine rings is 1. The van der Waals surface area contributed by atoms with Crippen molar-refractivity contribution in [2.75, 3.05) is 19.6 Å². The number of carbonyl (C=O) groups excluding carboxylic acids is 2. The molecule has 0 atom stereocenters. The van der Waals surface area contributed by atoms with E-state index < -0.39 is 0 Å². The van der Waals surface area contributed by atoms with Gasteiger partial charge < -0.3 is 14.5 Å². The van der Waals surface area contributed by atoms with Crippen LogP contribution in [0.2, 0.25) is 0 Å². The third-order valence-electron chi connectivity index (χ3n) is 6.69. The number of hydrogen-bond donors (Lipinski definition) is 0. The quantitative estimate of drug-likeness (QED) is 0.723. The van der Waals surface area contributed by atoms with E-state index in [4.69, 9.17) is 4.74 Å². The Morgan fingerprint density at radius 1 is 1.10 bits per heavy atom. The molecule has 3 aliphatic rings. The van der Waals surface area contributed by atoms with Gasteiger partial charge in [-0.05, 0) is 62.8 Å². The number of amides is 2. The fourth-order valence-electron chi connectivity index (χ4n) is 5.02. The summed E-state index contributed by atoms with van der Waals surface area (Å²) in [5.74, 6) is 0.0772. The molecule has 2 aromatic heterocycles. The van der Waals surface area contributed by atoms with Crippen LogP contribution in [0.4, 0.5) is 4.79 Å². The Morgan fingerprint density at radius 3 is 2.63 bits per heavy atom. The number of aromatic nitrogens is 1. The molecule has 1 saturated carbocycles. The van der Waals surface area contributed by atoms with Gasteiger partial charge in [-0.15, -0.1) is 11.3 Å².